The minimum atomic E-state index is -4.59. The summed E-state index contributed by atoms with van der Waals surface area (Å²) < 4.78 is 47.6. The fourth-order valence-corrected chi connectivity index (χ4v) is 6.68. The third-order valence-corrected chi connectivity index (χ3v) is 9.13. The van der Waals surface area contributed by atoms with E-state index in [2.05, 4.69) is 20.4 Å². The van der Waals surface area contributed by atoms with E-state index in [1.165, 1.54) is 4.52 Å². The SMILES string of the molecule is CC.CC.CC(=NC=N)C(=O)N1CCC2(CCc3c(c(=O)n4nc(C5=CCOCC5)nc4n3CC(=O)Nc3ccc(C(F)(F)F)cc3Cl)C2)C1. The van der Waals surface area contributed by atoms with Crippen LogP contribution in [0, 0.1) is 10.8 Å². The molecule has 50 heavy (non-hydrogen) atoms. The van der Waals surface area contributed by atoms with Crippen molar-refractivity contribution < 1.29 is 27.5 Å². The first-order valence-corrected chi connectivity index (χ1v) is 17.0. The number of ether oxygens (including phenoxy) is 1. The van der Waals surface area contributed by atoms with E-state index >= 15 is 0 Å². The quantitative estimate of drug-likeness (QED) is 0.242. The zero-order chi connectivity index (χ0) is 36.8. The predicted molar refractivity (Wildman–Crippen MR) is 186 cm³/mol. The lowest BCUT2D eigenvalue weighted by atomic mass is 9.72. The smallest absolute Gasteiger partial charge is 0.377 e. The van der Waals surface area contributed by atoms with Gasteiger partial charge >= 0.3 is 6.18 Å². The average Bonchev–Trinajstić information content (AvgIpc) is 3.75. The maximum absolute atomic E-state index is 14.0. The summed E-state index contributed by atoms with van der Waals surface area (Å²) in [5, 5.41) is 14.0. The van der Waals surface area contributed by atoms with Gasteiger partial charge in [0.1, 0.15) is 18.6 Å². The molecule has 0 bridgehead atoms. The van der Waals surface area contributed by atoms with Crippen LogP contribution in [0.25, 0.3) is 11.4 Å². The molecule has 6 rings (SSSR count). The van der Waals surface area contributed by atoms with Crippen molar-refractivity contribution in [3.05, 3.63) is 62.3 Å². The molecule has 2 aromatic heterocycles. The van der Waals surface area contributed by atoms with E-state index in [4.69, 9.17) is 21.7 Å². The Hall–Kier alpha value is -4.37. The lowest BCUT2D eigenvalue weighted by molar-refractivity contribution is -0.137. The zero-order valence-corrected chi connectivity index (χ0v) is 29.5. The summed E-state index contributed by atoms with van der Waals surface area (Å²) in [6.45, 7) is 11.0. The van der Waals surface area contributed by atoms with E-state index in [-0.39, 0.29) is 45.6 Å². The molecule has 16 heteroatoms. The number of hydrogen-bond acceptors (Lipinski definition) is 7. The van der Waals surface area contributed by atoms with E-state index in [1.807, 2.05) is 33.8 Å². The van der Waals surface area contributed by atoms with E-state index in [9.17, 15) is 27.6 Å². The van der Waals surface area contributed by atoms with Crippen LogP contribution in [0.1, 0.15) is 76.5 Å². The van der Waals surface area contributed by atoms with Crippen molar-refractivity contribution in [2.75, 3.05) is 31.6 Å². The topological polar surface area (TPSA) is 147 Å². The first kappa shape index (κ1) is 38.4. The molecule has 0 saturated carbocycles. The Morgan fingerprint density at radius 1 is 1.18 bits per heavy atom. The van der Waals surface area contributed by atoms with Crippen LogP contribution in [0.2, 0.25) is 5.02 Å². The van der Waals surface area contributed by atoms with Gasteiger partial charge in [0.15, 0.2) is 5.82 Å². The second kappa shape index (κ2) is 16.1. The predicted octanol–water partition coefficient (Wildman–Crippen LogP) is 5.83. The zero-order valence-electron chi connectivity index (χ0n) is 28.8. The Morgan fingerprint density at radius 3 is 2.56 bits per heavy atom. The number of fused-ring (bicyclic) bond motifs is 2. The van der Waals surface area contributed by atoms with Gasteiger partial charge in [-0.15, -0.1) is 5.10 Å². The lowest BCUT2D eigenvalue weighted by Gasteiger charge is -2.35. The molecular formula is C34H42ClF3N8O4. The molecule has 1 fully saturated rings. The van der Waals surface area contributed by atoms with Crippen LogP contribution in [0.5, 0.6) is 0 Å². The number of aliphatic imine (C=N–C) groups is 1. The van der Waals surface area contributed by atoms with Crippen molar-refractivity contribution in [2.24, 2.45) is 10.4 Å². The van der Waals surface area contributed by atoms with E-state index < -0.39 is 17.6 Å². The highest BCUT2D eigenvalue weighted by Gasteiger charge is 2.44. The molecule has 2 amide bonds. The summed E-state index contributed by atoms with van der Waals surface area (Å²) >= 11 is 6.09. The van der Waals surface area contributed by atoms with Gasteiger partial charge in [-0.3, -0.25) is 19.8 Å². The number of amides is 2. The number of benzene rings is 1. The van der Waals surface area contributed by atoms with Gasteiger partial charge in [0.25, 0.3) is 11.5 Å². The Kier molecular flexibility index (Phi) is 12.4. The summed E-state index contributed by atoms with van der Waals surface area (Å²) in [5.41, 5.74) is 0.441. The second-order valence-electron chi connectivity index (χ2n) is 11.8. The molecular weight excluding hydrogens is 677 g/mol. The van der Waals surface area contributed by atoms with Crippen LogP contribution in [-0.2, 0) is 39.9 Å². The molecule has 1 aromatic carbocycles. The van der Waals surface area contributed by atoms with Crippen molar-refractivity contribution >= 4 is 52.5 Å². The van der Waals surface area contributed by atoms with Crippen molar-refractivity contribution in [1.82, 2.24) is 24.1 Å². The number of carbonyl (C=O) groups is 2. The third kappa shape index (κ3) is 7.99. The van der Waals surface area contributed by atoms with Crippen molar-refractivity contribution in [3.8, 4) is 0 Å². The van der Waals surface area contributed by atoms with Gasteiger partial charge < -0.3 is 19.5 Å². The lowest BCUT2D eigenvalue weighted by Crippen LogP contribution is -2.41. The van der Waals surface area contributed by atoms with Crippen LogP contribution in [0.3, 0.4) is 0 Å². The van der Waals surface area contributed by atoms with E-state index in [0.29, 0.717) is 75.5 Å². The molecule has 12 nitrogen and oxygen atoms in total. The van der Waals surface area contributed by atoms with Gasteiger partial charge in [-0.1, -0.05) is 45.4 Å². The molecule has 270 valence electrons. The number of halogens is 4. The Bertz CT molecular complexity index is 1880. The molecule has 0 radical (unpaired) electrons. The highest BCUT2D eigenvalue weighted by Crippen LogP contribution is 2.42. The molecule has 1 atom stereocenters. The standard InChI is InChI=1S/C30H30ClF3N8O4.2C2H6/c1-17(36-16-35)26(44)40-9-8-29(15-40)7-4-23-20(13-29)27(45)42-28(38-25(39-42)18-5-10-46-11-6-18)41(23)14-24(43)37-22-3-2-19(12-21(22)31)30(32,33)34;2*1-2/h2-3,5,12,16,35H,4,6-11,13-15H2,1H3,(H,37,43);2*1-2H3. The minimum absolute atomic E-state index is 0.0108. The van der Waals surface area contributed by atoms with Crippen LogP contribution in [0.4, 0.5) is 18.9 Å². The van der Waals surface area contributed by atoms with Crippen LogP contribution in [0.15, 0.2) is 34.1 Å². The highest BCUT2D eigenvalue weighted by molar-refractivity contribution is 6.38. The molecule has 1 spiro atoms. The number of nitrogens with zero attached hydrogens (tertiary/aromatic N) is 6. The number of alkyl halides is 3. The van der Waals surface area contributed by atoms with Crippen molar-refractivity contribution in [3.63, 3.8) is 0 Å². The first-order chi connectivity index (χ1) is 23.9. The number of rotatable bonds is 6. The van der Waals surface area contributed by atoms with E-state index in [0.717, 1.165) is 30.1 Å². The summed E-state index contributed by atoms with van der Waals surface area (Å²) in [7, 11) is 0. The van der Waals surface area contributed by atoms with Gasteiger partial charge in [-0.25, -0.2) is 4.99 Å². The minimum Gasteiger partial charge on any atom is -0.377 e. The summed E-state index contributed by atoms with van der Waals surface area (Å²) in [6, 6.07) is 2.68. The molecule has 3 aliphatic rings. The Labute approximate surface area is 292 Å². The normalized spacial score (nSPS) is 18.8. The molecule has 1 unspecified atom stereocenters. The number of carbonyl (C=O) groups excluding carboxylic acids is 2. The largest absolute Gasteiger partial charge is 0.416 e. The molecule has 3 aromatic rings. The van der Waals surface area contributed by atoms with Gasteiger partial charge in [0.05, 0.1) is 29.5 Å². The summed E-state index contributed by atoms with van der Waals surface area (Å²) in [6.07, 6.45) is 0.691. The van der Waals surface area contributed by atoms with E-state index in [1.54, 1.807) is 16.4 Å². The number of hydrogen-bond donors (Lipinski definition) is 2. The molecule has 2 aliphatic heterocycles. The Balaban J connectivity index is 0.00000136. The number of anilines is 1. The van der Waals surface area contributed by atoms with Gasteiger partial charge in [0.2, 0.25) is 11.7 Å². The fraction of sp³-hybridized carbons (Fsp3) is 0.500. The fourth-order valence-electron chi connectivity index (χ4n) is 6.46. The van der Waals surface area contributed by atoms with Gasteiger partial charge in [-0.05, 0) is 68.2 Å². The van der Waals surface area contributed by atoms with Gasteiger partial charge in [0, 0.05) is 24.3 Å². The van der Waals surface area contributed by atoms with Crippen LogP contribution >= 0.6 is 11.6 Å². The second-order valence-corrected chi connectivity index (χ2v) is 12.2. The first-order valence-electron chi connectivity index (χ1n) is 16.7. The van der Waals surface area contributed by atoms with Crippen LogP contribution < -0.4 is 10.9 Å². The maximum atomic E-state index is 14.0. The van der Waals surface area contributed by atoms with Gasteiger partial charge in [-0.2, -0.15) is 22.7 Å². The average molecular weight is 719 g/mol. The number of nitrogens with one attached hydrogen (secondary N) is 2. The highest BCUT2D eigenvalue weighted by atomic mass is 35.5. The van der Waals surface area contributed by atoms with Crippen molar-refractivity contribution in [1.29, 1.82) is 5.41 Å². The maximum Gasteiger partial charge on any atom is 0.416 e. The number of likely N-dealkylation sites (tertiary alicyclic amines) is 1. The van der Waals surface area contributed by atoms with Crippen LogP contribution in [-0.4, -0.2) is 74.2 Å². The molecule has 2 N–H and O–H groups in total. The molecule has 1 saturated heterocycles. The Morgan fingerprint density at radius 2 is 1.92 bits per heavy atom. The number of aromatic nitrogens is 4. The molecule has 4 heterocycles. The summed E-state index contributed by atoms with van der Waals surface area (Å²) in [5.74, 6) is -0.333. The third-order valence-electron chi connectivity index (χ3n) is 8.82. The monoisotopic (exact) mass is 718 g/mol. The summed E-state index contributed by atoms with van der Waals surface area (Å²) in [4.78, 5) is 50.4. The van der Waals surface area contributed by atoms with Crippen molar-refractivity contribution in [2.45, 2.75) is 79.4 Å². The molecule has 1 aliphatic carbocycles.